The van der Waals surface area contributed by atoms with Crippen LogP contribution in [0.2, 0.25) is 0 Å². The number of hydrogen-bond donors (Lipinski definition) is 0. The fourth-order valence-electron chi connectivity index (χ4n) is 7.06. The molecule has 0 N–H and O–H groups in total. The van der Waals surface area contributed by atoms with Crippen LogP contribution in [0, 0.1) is 5.92 Å². The summed E-state index contributed by atoms with van der Waals surface area (Å²) in [6, 6.07) is 28.0. The molecule has 3 aromatic carbocycles. The largest absolute Gasteiger partial charge is 0.367 e. The SMILES string of the molecule is CCn1c(N2CCCC(C(=O)N3CCCCCCCCN(Cc4ccccc4)c4ccccc4C3)C2)nc2ccccc21. The monoisotopic (exact) mass is 577 g/mol. The van der Waals surface area contributed by atoms with Gasteiger partial charge in [0.15, 0.2) is 0 Å². The second-order valence-corrected chi connectivity index (χ2v) is 12.3. The van der Waals surface area contributed by atoms with Crippen LogP contribution in [-0.2, 0) is 24.4 Å². The topological polar surface area (TPSA) is 44.6 Å². The fraction of sp³-hybridized carbons (Fsp3) is 0.459. The Balaban J connectivity index is 1.25. The van der Waals surface area contributed by atoms with Gasteiger partial charge >= 0.3 is 0 Å². The molecule has 4 aromatic rings. The minimum absolute atomic E-state index is 0.0119. The Hall–Kier alpha value is -3.80. The Morgan fingerprint density at radius 3 is 2.35 bits per heavy atom. The van der Waals surface area contributed by atoms with E-state index in [9.17, 15) is 4.79 Å². The number of carbonyl (C=O) groups is 1. The normalized spacial score (nSPS) is 18.9. The lowest BCUT2D eigenvalue weighted by Crippen LogP contribution is -2.45. The number of benzene rings is 3. The van der Waals surface area contributed by atoms with Gasteiger partial charge in [-0.1, -0.05) is 86.3 Å². The average Bonchev–Trinajstić information content (AvgIpc) is 3.44. The third kappa shape index (κ3) is 6.90. The van der Waals surface area contributed by atoms with Crippen LogP contribution >= 0.6 is 0 Å². The van der Waals surface area contributed by atoms with Crippen molar-refractivity contribution in [3.63, 3.8) is 0 Å². The van der Waals surface area contributed by atoms with Gasteiger partial charge in [-0.25, -0.2) is 4.98 Å². The first kappa shape index (κ1) is 29.3. The molecule has 1 fully saturated rings. The molecule has 3 heterocycles. The van der Waals surface area contributed by atoms with E-state index in [0.717, 1.165) is 70.0 Å². The molecule has 0 spiro atoms. The first-order valence-electron chi connectivity index (χ1n) is 16.6. The predicted molar refractivity (Wildman–Crippen MR) is 177 cm³/mol. The van der Waals surface area contributed by atoms with Crippen molar-refractivity contribution in [2.75, 3.05) is 36.0 Å². The molecule has 2 aliphatic heterocycles. The van der Waals surface area contributed by atoms with Crippen molar-refractivity contribution in [1.29, 1.82) is 0 Å². The molecule has 6 heteroatoms. The molecule has 1 atom stereocenters. The first-order valence-corrected chi connectivity index (χ1v) is 16.6. The van der Waals surface area contributed by atoms with Crippen LogP contribution in [0.25, 0.3) is 11.0 Å². The zero-order chi connectivity index (χ0) is 29.4. The summed E-state index contributed by atoms with van der Waals surface area (Å²) in [5, 5.41) is 0. The third-order valence-electron chi connectivity index (χ3n) is 9.33. The number of imidazole rings is 1. The highest BCUT2D eigenvalue weighted by molar-refractivity contribution is 5.81. The average molecular weight is 578 g/mol. The Labute approximate surface area is 257 Å². The van der Waals surface area contributed by atoms with Crippen LogP contribution in [0.3, 0.4) is 0 Å². The van der Waals surface area contributed by atoms with E-state index in [2.05, 4.69) is 105 Å². The summed E-state index contributed by atoms with van der Waals surface area (Å²) < 4.78 is 2.30. The minimum Gasteiger partial charge on any atom is -0.367 e. The van der Waals surface area contributed by atoms with Gasteiger partial charge in [0.25, 0.3) is 0 Å². The van der Waals surface area contributed by atoms with E-state index >= 15 is 0 Å². The van der Waals surface area contributed by atoms with Crippen LogP contribution in [0.4, 0.5) is 11.6 Å². The molecule has 0 aliphatic carbocycles. The smallest absolute Gasteiger partial charge is 0.227 e. The minimum atomic E-state index is -0.0119. The zero-order valence-electron chi connectivity index (χ0n) is 25.8. The number of rotatable bonds is 5. The highest BCUT2D eigenvalue weighted by Crippen LogP contribution is 2.30. The molecule has 0 radical (unpaired) electrons. The van der Waals surface area contributed by atoms with Gasteiger partial charge in [0.1, 0.15) is 0 Å². The number of carbonyl (C=O) groups excluding carboxylic acids is 1. The molecule has 0 saturated carbocycles. The van der Waals surface area contributed by atoms with Gasteiger partial charge < -0.3 is 19.3 Å². The Morgan fingerprint density at radius 2 is 1.51 bits per heavy atom. The Bertz CT molecular complexity index is 1480. The third-order valence-corrected chi connectivity index (χ3v) is 9.33. The molecule has 226 valence electrons. The van der Waals surface area contributed by atoms with Crippen LogP contribution < -0.4 is 9.80 Å². The molecule has 6 rings (SSSR count). The second-order valence-electron chi connectivity index (χ2n) is 12.3. The lowest BCUT2D eigenvalue weighted by Gasteiger charge is -2.36. The Kier molecular flexibility index (Phi) is 9.61. The number of amides is 1. The van der Waals surface area contributed by atoms with Gasteiger partial charge in [0, 0.05) is 51.5 Å². The lowest BCUT2D eigenvalue weighted by atomic mass is 9.96. The van der Waals surface area contributed by atoms with E-state index in [1.54, 1.807) is 0 Å². The van der Waals surface area contributed by atoms with E-state index < -0.39 is 0 Å². The van der Waals surface area contributed by atoms with Crippen molar-refractivity contribution >= 4 is 28.6 Å². The molecule has 1 aromatic heterocycles. The van der Waals surface area contributed by atoms with Crippen molar-refractivity contribution in [3.8, 4) is 0 Å². The standard InChI is InChI=1S/C37H47N5O/c1-2-42-35-23-13-11-21-33(35)38-37(42)41-26-16-20-32(29-41)36(43)40-25-15-6-4-3-5-14-24-39(27-30-17-8-7-9-18-30)34-22-12-10-19-31(34)28-40/h7-13,17-19,21-23,32H,2-6,14-16,20,24-29H2,1H3. The molecular formula is C37H47N5O. The van der Waals surface area contributed by atoms with Gasteiger partial charge in [-0.3, -0.25) is 4.79 Å². The maximum Gasteiger partial charge on any atom is 0.227 e. The zero-order valence-corrected chi connectivity index (χ0v) is 25.8. The second kappa shape index (κ2) is 14.1. The summed E-state index contributed by atoms with van der Waals surface area (Å²) in [7, 11) is 0. The molecule has 43 heavy (non-hydrogen) atoms. The van der Waals surface area contributed by atoms with Crippen molar-refractivity contribution < 1.29 is 4.79 Å². The summed E-state index contributed by atoms with van der Waals surface area (Å²) >= 11 is 0. The van der Waals surface area contributed by atoms with Crippen molar-refractivity contribution in [2.45, 2.75) is 77.9 Å². The summed E-state index contributed by atoms with van der Waals surface area (Å²) in [4.78, 5) is 26.5. The van der Waals surface area contributed by atoms with Crippen LogP contribution in [0.15, 0.2) is 78.9 Å². The van der Waals surface area contributed by atoms with E-state index in [4.69, 9.17) is 4.98 Å². The summed E-state index contributed by atoms with van der Waals surface area (Å²) in [5.74, 6) is 1.30. The van der Waals surface area contributed by atoms with Crippen LogP contribution in [-0.4, -0.2) is 46.5 Å². The number of piperidine rings is 1. The van der Waals surface area contributed by atoms with Crippen molar-refractivity contribution in [1.82, 2.24) is 14.5 Å². The number of anilines is 2. The molecule has 2 aliphatic rings. The quantitative estimate of drug-likeness (QED) is 0.244. The van der Waals surface area contributed by atoms with Crippen molar-refractivity contribution in [3.05, 3.63) is 90.0 Å². The molecule has 0 bridgehead atoms. The van der Waals surface area contributed by atoms with Crippen LogP contribution in [0.1, 0.15) is 69.4 Å². The predicted octanol–water partition coefficient (Wildman–Crippen LogP) is 7.66. The van der Waals surface area contributed by atoms with Gasteiger partial charge in [0.05, 0.1) is 17.0 Å². The van der Waals surface area contributed by atoms with E-state index in [1.807, 2.05) is 0 Å². The highest BCUT2D eigenvalue weighted by atomic mass is 16.2. The van der Waals surface area contributed by atoms with Gasteiger partial charge in [0.2, 0.25) is 11.9 Å². The van der Waals surface area contributed by atoms with Crippen LogP contribution in [0.5, 0.6) is 0 Å². The molecule has 1 amide bonds. The van der Waals surface area contributed by atoms with E-state index in [0.29, 0.717) is 12.5 Å². The summed E-state index contributed by atoms with van der Waals surface area (Å²) in [6.45, 7) is 8.16. The van der Waals surface area contributed by atoms with E-state index in [1.165, 1.54) is 54.4 Å². The molecule has 1 saturated heterocycles. The Morgan fingerprint density at radius 1 is 0.791 bits per heavy atom. The first-order chi connectivity index (χ1) is 21.2. The number of aromatic nitrogens is 2. The maximum absolute atomic E-state index is 14.4. The van der Waals surface area contributed by atoms with Gasteiger partial charge in [-0.2, -0.15) is 0 Å². The van der Waals surface area contributed by atoms with E-state index in [-0.39, 0.29) is 5.92 Å². The number of aryl methyl sites for hydroxylation is 1. The molecule has 1 unspecified atom stereocenters. The number of fused-ring (bicyclic) bond motifs is 2. The van der Waals surface area contributed by atoms with Gasteiger partial charge in [-0.15, -0.1) is 0 Å². The fourth-order valence-corrected chi connectivity index (χ4v) is 7.06. The highest BCUT2D eigenvalue weighted by Gasteiger charge is 2.32. The maximum atomic E-state index is 14.4. The molecular weight excluding hydrogens is 530 g/mol. The number of para-hydroxylation sites is 3. The number of hydrogen-bond acceptors (Lipinski definition) is 4. The van der Waals surface area contributed by atoms with Crippen molar-refractivity contribution in [2.24, 2.45) is 5.92 Å². The molecule has 6 nitrogen and oxygen atoms in total. The number of nitrogens with zero attached hydrogens (tertiary/aromatic N) is 5. The lowest BCUT2D eigenvalue weighted by molar-refractivity contribution is -0.136. The summed E-state index contributed by atoms with van der Waals surface area (Å²) in [5.41, 5.74) is 6.05. The summed E-state index contributed by atoms with van der Waals surface area (Å²) in [6.07, 6.45) is 9.20. The van der Waals surface area contributed by atoms with Gasteiger partial charge in [-0.05, 0) is 61.9 Å².